The predicted octanol–water partition coefficient (Wildman–Crippen LogP) is 4.12. The van der Waals surface area contributed by atoms with Gasteiger partial charge in [-0.15, -0.1) is 0 Å². The van der Waals surface area contributed by atoms with Crippen molar-refractivity contribution in [1.29, 1.82) is 0 Å². The van der Waals surface area contributed by atoms with E-state index in [2.05, 4.69) is 11.4 Å². The van der Waals surface area contributed by atoms with Gasteiger partial charge >= 0.3 is 5.97 Å². The lowest BCUT2D eigenvalue weighted by molar-refractivity contribution is -0.132. The molecule has 1 aliphatic rings. The van der Waals surface area contributed by atoms with Gasteiger partial charge in [-0.3, -0.25) is 14.2 Å². The highest BCUT2D eigenvalue weighted by molar-refractivity contribution is 6.54. The number of hydrogen-bond donors (Lipinski definition) is 2. The van der Waals surface area contributed by atoms with Crippen LogP contribution in [0.15, 0.2) is 57.3 Å². The Hall–Kier alpha value is -3.62. The molecule has 3 aromatic rings. The van der Waals surface area contributed by atoms with Gasteiger partial charge in [0.05, 0.1) is 10.9 Å². The number of allylic oxidation sites excluding steroid dienone is 1. The number of amides is 1. The lowest BCUT2D eigenvalue weighted by Gasteiger charge is -2.12. The van der Waals surface area contributed by atoms with Gasteiger partial charge in [-0.2, -0.15) is 0 Å². The number of fused-ring (bicyclic) bond motifs is 2. The largest absolute Gasteiger partial charge is 0.477 e. The normalized spacial score (nSPS) is 14.6. The fourth-order valence-corrected chi connectivity index (χ4v) is 3.92. The number of hydrogen-bond acceptors (Lipinski definition) is 5. The van der Waals surface area contributed by atoms with Crippen molar-refractivity contribution < 1.29 is 14.7 Å². The molecular weight excluding hydrogens is 479 g/mol. The lowest BCUT2D eigenvalue weighted by atomic mass is 10.1. The first-order chi connectivity index (χ1) is 16.2. The van der Waals surface area contributed by atoms with Crippen LogP contribution in [0.4, 0.5) is 11.4 Å². The van der Waals surface area contributed by atoms with Gasteiger partial charge in [0.15, 0.2) is 0 Å². The van der Waals surface area contributed by atoms with E-state index in [4.69, 9.17) is 33.3 Å². The number of nitrogens with one attached hydrogen (secondary N) is 1. The van der Waals surface area contributed by atoms with Crippen LogP contribution in [0.5, 0.6) is 0 Å². The molecule has 0 atom stereocenters. The maximum absolute atomic E-state index is 13.1. The van der Waals surface area contributed by atoms with Crippen molar-refractivity contribution in [3.63, 3.8) is 0 Å². The van der Waals surface area contributed by atoms with Gasteiger partial charge in [0.1, 0.15) is 15.9 Å². The fraction of sp³-hybridized carbons (Fsp3) is 0.167. The number of anilines is 2. The van der Waals surface area contributed by atoms with E-state index in [1.165, 1.54) is 12.1 Å². The van der Waals surface area contributed by atoms with Crippen LogP contribution in [0, 0.1) is 0 Å². The molecular formula is C24H20Cl2N4O4. The predicted molar refractivity (Wildman–Crippen MR) is 134 cm³/mol. The summed E-state index contributed by atoms with van der Waals surface area (Å²) in [6, 6.07) is 12.7. The summed E-state index contributed by atoms with van der Waals surface area (Å²) in [7, 11) is 3.94. The third kappa shape index (κ3) is 4.55. The molecule has 2 heterocycles. The molecule has 1 amide bonds. The molecule has 4 rings (SSSR count). The van der Waals surface area contributed by atoms with Crippen LogP contribution in [0.2, 0.25) is 0 Å². The Morgan fingerprint density at radius 2 is 1.91 bits per heavy atom. The number of halogens is 2. The molecule has 10 heteroatoms. The molecule has 0 spiro atoms. The third-order valence-corrected chi connectivity index (χ3v) is 6.22. The first-order valence-corrected chi connectivity index (χ1v) is 11.0. The molecule has 1 aromatic heterocycles. The van der Waals surface area contributed by atoms with E-state index >= 15 is 0 Å². The van der Waals surface area contributed by atoms with E-state index in [0.29, 0.717) is 35.4 Å². The van der Waals surface area contributed by atoms with Gasteiger partial charge in [-0.1, -0.05) is 35.3 Å². The molecule has 0 radical (unpaired) electrons. The van der Waals surface area contributed by atoms with E-state index in [0.717, 1.165) is 16.8 Å². The van der Waals surface area contributed by atoms with Crippen molar-refractivity contribution in [2.75, 3.05) is 24.3 Å². The Labute approximate surface area is 204 Å². The van der Waals surface area contributed by atoms with Crippen LogP contribution in [-0.4, -0.2) is 40.6 Å². The standard InChI is InChI=1S/C24H20Cl2N4O4/c1-29(2)16-5-3-4-13(11-16)10-14-8-9-30-21(14)28-18-12-15(6-7-17(18)23(30)32)27-22(31)19(25)20(26)24(33)34/h3-7,10-12H,8-9H2,1-2H3,(H,27,31)(H,33,34). The third-order valence-electron chi connectivity index (χ3n) is 5.41. The molecule has 0 fully saturated rings. The highest BCUT2D eigenvalue weighted by Gasteiger charge is 2.22. The summed E-state index contributed by atoms with van der Waals surface area (Å²) in [5, 5.41) is 10.3. The monoisotopic (exact) mass is 498 g/mol. The number of carbonyl (C=O) groups excluding carboxylic acids is 1. The van der Waals surface area contributed by atoms with Crippen molar-refractivity contribution in [2.45, 2.75) is 13.0 Å². The van der Waals surface area contributed by atoms with E-state index in [1.54, 1.807) is 10.6 Å². The van der Waals surface area contributed by atoms with Crippen LogP contribution in [-0.2, 0) is 16.1 Å². The topological polar surface area (TPSA) is 105 Å². The minimum absolute atomic E-state index is 0.171. The summed E-state index contributed by atoms with van der Waals surface area (Å²) in [5.74, 6) is -1.82. The number of benzene rings is 2. The van der Waals surface area contributed by atoms with Crippen molar-refractivity contribution in [2.24, 2.45) is 0 Å². The average Bonchev–Trinajstić information content (AvgIpc) is 3.20. The molecule has 8 nitrogen and oxygen atoms in total. The molecule has 0 bridgehead atoms. The summed E-state index contributed by atoms with van der Waals surface area (Å²) >= 11 is 11.3. The number of carboxylic acids is 1. The first-order valence-electron chi connectivity index (χ1n) is 10.3. The highest BCUT2D eigenvalue weighted by Crippen LogP contribution is 2.29. The van der Waals surface area contributed by atoms with Gasteiger partial charge in [0.25, 0.3) is 11.5 Å². The van der Waals surface area contributed by atoms with Crippen LogP contribution < -0.4 is 15.8 Å². The van der Waals surface area contributed by atoms with Crippen LogP contribution in [0.1, 0.15) is 17.8 Å². The quantitative estimate of drug-likeness (QED) is 0.512. The van der Waals surface area contributed by atoms with Crippen molar-refractivity contribution in [1.82, 2.24) is 9.55 Å². The van der Waals surface area contributed by atoms with Gasteiger partial charge < -0.3 is 15.3 Å². The summed E-state index contributed by atoms with van der Waals surface area (Å²) in [6.45, 7) is 0.531. The average molecular weight is 499 g/mol. The molecule has 174 valence electrons. The van der Waals surface area contributed by atoms with Crippen LogP contribution in [0.3, 0.4) is 0 Å². The molecule has 0 saturated heterocycles. The van der Waals surface area contributed by atoms with Gasteiger partial charge in [-0.25, -0.2) is 9.78 Å². The number of rotatable bonds is 5. The highest BCUT2D eigenvalue weighted by atomic mass is 35.5. The van der Waals surface area contributed by atoms with Gasteiger partial charge in [0, 0.05) is 32.0 Å². The SMILES string of the molecule is CN(C)c1cccc(C=C2CCn3c2nc2cc(NC(=O)C(Cl)=C(Cl)C(=O)O)ccc2c3=O)c1. The van der Waals surface area contributed by atoms with Gasteiger partial charge in [-0.05, 0) is 54.0 Å². The molecule has 2 N–H and O–H groups in total. The maximum atomic E-state index is 13.1. The zero-order chi connectivity index (χ0) is 24.6. The first kappa shape index (κ1) is 23.5. The van der Waals surface area contributed by atoms with E-state index in [9.17, 15) is 14.4 Å². The Morgan fingerprint density at radius 1 is 1.15 bits per heavy atom. The molecule has 0 aliphatic carbocycles. The minimum atomic E-state index is -1.51. The molecule has 1 aliphatic heterocycles. The van der Waals surface area contributed by atoms with Gasteiger partial charge in [0.2, 0.25) is 0 Å². The van der Waals surface area contributed by atoms with Crippen molar-refractivity contribution in [3.8, 4) is 0 Å². The summed E-state index contributed by atoms with van der Waals surface area (Å²) in [4.78, 5) is 42.9. The molecule has 2 aromatic carbocycles. The Morgan fingerprint density at radius 3 is 2.62 bits per heavy atom. The number of carbonyl (C=O) groups is 2. The van der Waals surface area contributed by atoms with Crippen LogP contribution in [0.25, 0.3) is 22.6 Å². The van der Waals surface area contributed by atoms with Crippen molar-refractivity contribution >= 4 is 69.0 Å². The second kappa shape index (κ2) is 9.32. The van der Waals surface area contributed by atoms with E-state index in [1.807, 2.05) is 43.3 Å². The van der Waals surface area contributed by atoms with Crippen LogP contribution >= 0.6 is 23.2 Å². The summed E-state index contributed by atoms with van der Waals surface area (Å²) < 4.78 is 1.65. The fourth-order valence-electron chi connectivity index (χ4n) is 3.71. The number of aromatic nitrogens is 2. The maximum Gasteiger partial charge on any atom is 0.349 e. The van der Waals surface area contributed by atoms with E-state index in [-0.39, 0.29) is 5.56 Å². The molecule has 34 heavy (non-hydrogen) atoms. The zero-order valence-electron chi connectivity index (χ0n) is 18.3. The Kier molecular flexibility index (Phi) is 6.45. The molecule has 0 unspecified atom stereocenters. The Balaban J connectivity index is 1.72. The number of aliphatic carboxylic acids is 1. The van der Waals surface area contributed by atoms with Crippen molar-refractivity contribution in [3.05, 3.63) is 74.3 Å². The second-order valence-electron chi connectivity index (χ2n) is 7.92. The smallest absolute Gasteiger partial charge is 0.349 e. The number of nitrogens with zero attached hydrogens (tertiary/aromatic N) is 3. The second-order valence-corrected chi connectivity index (χ2v) is 8.68. The van der Waals surface area contributed by atoms with E-state index < -0.39 is 21.9 Å². The molecule has 0 saturated carbocycles. The summed E-state index contributed by atoms with van der Waals surface area (Å²) in [5.41, 5.74) is 3.52. The minimum Gasteiger partial charge on any atom is -0.477 e. The Bertz CT molecular complexity index is 1460. The zero-order valence-corrected chi connectivity index (χ0v) is 19.8. The number of carboxylic acid groups (broad SMARTS) is 1. The lowest BCUT2D eigenvalue weighted by Crippen LogP contribution is -2.21. The summed E-state index contributed by atoms with van der Waals surface area (Å²) in [6.07, 6.45) is 2.69.